The van der Waals surface area contributed by atoms with E-state index in [1.54, 1.807) is 0 Å². The van der Waals surface area contributed by atoms with Crippen LogP contribution in [0.15, 0.2) is 5.11 Å². The van der Waals surface area contributed by atoms with E-state index in [9.17, 15) is 0 Å². The van der Waals surface area contributed by atoms with E-state index >= 15 is 0 Å². The van der Waals surface area contributed by atoms with Crippen molar-refractivity contribution in [2.24, 2.45) is 5.11 Å². The van der Waals surface area contributed by atoms with E-state index in [2.05, 4.69) is 10.0 Å². The summed E-state index contributed by atoms with van der Waals surface area (Å²) in [4.78, 5) is 2.71. The van der Waals surface area contributed by atoms with E-state index in [1.807, 2.05) is 11.8 Å². The molecule has 0 aromatic heterocycles. The van der Waals surface area contributed by atoms with E-state index < -0.39 is 0 Å². The molecular weight excluding hydrogens is 134 g/mol. The van der Waals surface area contributed by atoms with Crippen LogP contribution in [0.3, 0.4) is 0 Å². The van der Waals surface area contributed by atoms with Crippen LogP contribution in [-0.4, -0.2) is 17.5 Å². The third kappa shape index (κ3) is 2.16. The molecule has 0 saturated carbocycles. The second-order valence-corrected chi connectivity index (χ2v) is 3.46. The lowest BCUT2D eigenvalue weighted by molar-refractivity contribution is 0.783. The fourth-order valence-electron chi connectivity index (χ4n) is 0.916. The monoisotopic (exact) mass is 143 g/mol. The maximum Gasteiger partial charge on any atom is 0.0377 e. The standard InChI is InChI=1S/C5H9N3S/c6-8-7-4-5-2-1-3-9-5/h5H,1-4H2. The molecule has 0 aliphatic carbocycles. The van der Waals surface area contributed by atoms with Crippen LogP contribution in [-0.2, 0) is 0 Å². The van der Waals surface area contributed by atoms with E-state index in [-0.39, 0.29) is 0 Å². The molecule has 9 heavy (non-hydrogen) atoms. The summed E-state index contributed by atoms with van der Waals surface area (Å²) in [6, 6.07) is 0. The zero-order valence-electron chi connectivity index (χ0n) is 5.16. The van der Waals surface area contributed by atoms with E-state index in [0.717, 1.165) is 0 Å². The van der Waals surface area contributed by atoms with Gasteiger partial charge in [0.25, 0.3) is 0 Å². The Morgan fingerprint density at radius 2 is 2.67 bits per heavy atom. The van der Waals surface area contributed by atoms with Crippen LogP contribution in [0.25, 0.3) is 10.4 Å². The fourth-order valence-corrected chi connectivity index (χ4v) is 2.09. The molecule has 0 radical (unpaired) electrons. The molecule has 1 saturated heterocycles. The molecule has 1 rings (SSSR count). The Hall–Kier alpha value is -0.340. The summed E-state index contributed by atoms with van der Waals surface area (Å²) in [5.41, 5.74) is 7.98. The number of thioether (sulfide) groups is 1. The SMILES string of the molecule is [N-]=[N+]=NCC1CCCS1. The lowest BCUT2D eigenvalue weighted by Gasteiger charge is -1.99. The Morgan fingerprint density at radius 1 is 1.78 bits per heavy atom. The Balaban J connectivity index is 2.18. The predicted octanol–water partition coefficient (Wildman–Crippen LogP) is 2.19. The van der Waals surface area contributed by atoms with Gasteiger partial charge in [-0.15, -0.1) is 0 Å². The zero-order valence-corrected chi connectivity index (χ0v) is 5.97. The number of azide groups is 1. The Bertz CT molecular complexity index is 124. The van der Waals surface area contributed by atoms with Crippen LogP contribution in [0.1, 0.15) is 12.8 Å². The van der Waals surface area contributed by atoms with Gasteiger partial charge >= 0.3 is 0 Å². The number of rotatable bonds is 2. The summed E-state index contributed by atoms with van der Waals surface area (Å²) >= 11 is 1.92. The Morgan fingerprint density at radius 3 is 3.22 bits per heavy atom. The molecule has 1 heterocycles. The van der Waals surface area contributed by atoms with Crippen molar-refractivity contribution in [2.45, 2.75) is 18.1 Å². The summed E-state index contributed by atoms with van der Waals surface area (Å²) in [5, 5.41) is 4.13. The minimum Gasteiger partial charge on any atom is -0.158 e. The molecule has 3 nitrogen and oxygen atoms in total. The van der Waals surface area contributed by atoms with Gasteiger partial charge in [-0.1, -0.05) is 5.11 Å². The molecule has 0 aromatic rings. The minimum absolute atomic E-state index is 0.612. The highest BCUT2D eigenvalue weighted by Gasteiger charge is 2.13. The highest BCUT2D eigenvalue weighted by molar-refractivity contribution is 8.00. The highest BCUT2D eigenvalue weighted by Crippen LogP contribution is 2.25. The summed E-state index contributed by atoms with van der Waals surface area (Å²) in [7, 11) is 0. The molecule has 1 fully saturated rings. The van der Waals surface area contributed by atoms with Gasteiger partial charge in [0, 0.05) is 16.7 Å². The molecular formula is C5H9N3S. The zero-order chi connectivity index (χ0) is 6.53. The van der Waals surface area contributed by atoms with Gasteiger partial charge in [-0.2, -0.15) is 11.8 Å². The quantitative estimate of drug-likeness (QED) is 0.332. The molecule has 0 N–H and O–H groups in total. The normalized spacial score (nSPS) is 25.6. The second kappa shape index (κ2) is 3.64. The van der Waals surface area contributed by atoms with Crippen LogP contribution in [0.4, 0.5) is 0 Å². The Labute approximate surface area is 58.5 Å². The maximum absolute atomic E-state index is 7.98. The molecule has 1 atom stereocenters. The fraction of sp³-hybridized carbons (Fsp3) is 1.00. The van der Waals surface area contributed by atoms with E-state index in [0.29, 0.717) is 11.8 Å². The van der Waals surface area contributed by atoms with Crippen molar-refractivity contribution in [1.29, 1.82) is 0 Å². The van der Waals surface area contributed by atoms with Gasteiger partial charge in [0.05, 0.1) is 0 Å². The molecule has 0 bridgehead atoms. The van der Waals surface area contributed by atoms with Gasteiger partial charge in [-0.3, -0.25) is 0 Å². The van der Waals surface area contributed by atoms with Crippen molar-refractivity contribution in [3.63, 3.8) is 0 Å². The van der Waals surface area contributed by atoms with Gasteiger partial charge in [-0.05, 0) is 24.1 Å². The van der Waals surface area contributed by atoms with Gasteiger partial charge in [0.2, 0.25) is 0 Å². The number of hydrogen-bond acceptors (Lipinski definition) is 2. The smallest absolute Gasteiger partial charge is 0.0377 e. The molecule has 50 valence electrons. The van der Waals surface area contributed by atoms with Gasteiger partial charge in [0.15, 0.2) is 0 Å². The summed E-state index contributed by atoms with van der Waals surface area (Å²) in [6.45, 7) is 0.682. The second-order valence-electron chi connectivity index (χ2n) is 2.05. The van der Waals surface area contributed by atoms with Crippen molar-refractivity contribution >= 4 is 11.8 Å². The third-order valence-electron chi connectivity index (χ3n) is 1.37. The molecule has 1 unspecified atom stereocenters. The lowest BCUT2D eigenvalue weighted by atomic mass is 10.2. The first-order valence-corrected chi connectivity index (χ1v) is 4.11. The molecule has 0 amide bonds. The topological polar surface area (TPSA) is 48.8 Å². The van der Waals surface area contributed by atoms with Crippen LogP contribution < -0.4 is 0 Å². The number of nitrogens with zero attached hydrogens (tertiary/aromatic N) is 3. The van der Waals surface area contributed by atoms with E-state index in [4.69, 9.17) is 5.53 Å². The first-order chi connectivity index (χ1) is 4.43. The van der Waals surface area contributed by atoms with Crippen LogP contribution in [0, 0.1) is 0 Å². The van der Waals surface area contributed by atoms with Gasteiger partial charge in [0.1, 0.15) is 0 Å². The molecule has 1 aliphatic heterocycles. The third-order valence-corrected chi connectivity index (χ3v) is 2.75. The molecule has 0 aromatic carbocycles. The summed E-state index contributed by atoms with van der Waals surface area (Å²) < 4.78 is 0. The predicted molar refractivity (Wildman–Crippen MR) is 39.5 cm³/mol. The van der Waals surface area contributed by atoms with Crippen LogP contribution >= 0.6 is 11.8 Å². The summed E-state index contributed by atoms with van der Waals surface area (Å²) in [6.07, 6.45) is 2.51. The van der Waals surface area contributed by atoms with Crippen molar-refractivity contribution in [3.8, 4) is 0 Å². The first kappa shape index (κ1) is 6.78. The maximum atomic E-state index is 7.98. The molecule has 1 aliphatic rings. The molecule has 0 spiro atoms. The minimum atomic E-state index is 0.612. The van der Waals surface area contributed by atoms with Crippen molar-refractivity contribution < 1.29 is 0 Å². The average Bonchev–Trinajstić information content (AvgIpc) is 2.34. The van der Waals surface area contributed by atoms with Gasteiger partial charge < -0.3 is 0 Å². The molecule has 4 heteroatoms. The highest BCUT2D eigenvalue weighted by atomic mass is 32.2. The van der Waals surface area contributed by atoms with Crippen LogP contribution in [0.2, 0.25) is 0 Å². The first-order valence-electron chi connectivity index (χ1n) is 3.06. The Kier molecular flexibility index (Phi) is 2.74. The van der Waals surface area contributed by atoms with Crippen molar-refractivity contribution in [3.05, 3.63) is 10.4 Å². The van der Waals surface area contributed by atoms with Crippen molar-refractivity contribution in [1.82, 2.24) is 0 Å². The van der Waals surface area contributed by atoms with Crippen molar-refractivity contribution in [2.75, 3.05) is 12.3 Å². The van der Waals surface area contributed by atoms with Gasteiger partial charge in [-0.25, -0.2) is 0 Å². The summed E-state index contributed by atoms with van der Waals surface area (Å²) in [5.74, 6) is 1.24. The average molecular weight is 143 g/mol. The largest absolute Gasteiger partial charge is 0.158 e. The lowest BCUT2D eigenvalue weighted by Crippen LogP contribution is -1.99. The number of hydrogen-bond donors (Lipinski definition) is 0. The van der Waals surface area contributed by atoms with E-state index in [1.165, 1.54) is 18.6 Å². The van der Waals surface area contributed by atoms with Crippen LogP contribution in [0.5, 0.6) is 0 Å².